The number of amides is 2. The third-order valence-corrected chi connectivity index (χ3v) is 7.27. The predicted octanol–water partition coefficient (Wildman–Crippen LogP) is 4.46. The highest BCUT2D eigenvalue weighted by atomic mass is 16.5. The highest BCUT2D eigenvalue weighted by molar-refractivity contribution is 5.98. The molecule has 8 heteroatoms. The fourth-order valence-electron chi connectivity index (χ4n) is 5.47. The number of benzene rings is 2. The van der Waals surface area contributed by atoms with Gasteiger partial charge in [-0.15, -0.1) is 0 Å². The van der Waals surface area contributed by atoms with Crippen LogP contribution in [-0.4, -0.2) is 58.2 Å². The Morgan fingerprint density at radius 3 is 2.14 bits per heavy atom. The summed E-state index contributed by atoms with van der Waals surface area (Å²) in [4.78, 5) is 31.2. The van der Waals surface area contributed by atoms with Crippen LogP contribution in [0.4, 0.5) is 5.69 Å². The number of ether oxygens (including phenoxy) is 4. The normalized spacial score (nSPS) is 22.2. The number of carbonyl (C=O) groups excluding carboxylic acids is 2. The molecule has 0 aliphatic carbocycles. The van der Waals surface area contributed by atoms with Crippen molar-refractivity contribution in [2.24, 2.45) is 11.8 Å². The number of likely N-dealkylation sites (tertiary alicyclic amines) is 1. The Balaban J connectivity index is 1.82. The Morgan fingerprint density at radius 2 is 1.58 bits per heavy atom. The Morgan fingerprint density at radius 1 is 0.917 bits per heavy atom. The van der Waals surface area contributed by atoms with Crippen LogP contribution in [0.3, 0.4) is 0 Å². The fraction of sp³-hybridized carbons (Fsp3) is 0.500. The van der Waals surface area contributed by atoms with Gasteiger partial charge in [0.15, 0.2) is 11.5 Å². The summed E-state index contributed by atoms with van der Waals surface area (Å²) in [5.41, 5.74) is 1.47. The SMILES string of the molecule is COc1ccc([C@@H]2[C@@H](C(=O)N3CCC[C@@H](C)C3)CCC(=O)N2c2cc(OC)c(OC)c(OC)c2)cc1. The van der Waals surface area contributed by atoms with Gasteiger partial charge in [0, 0.05) is 31.6 Å². The minimum absolute atomic E-state index is 0.0545. The first-order valence-corrected chi connectivity index (χ1v) is 12.5. The molecule has 2 aliphatic heterocycles. The summed E-state index contributed by atoms with van der Waals surface area (Å²) in [7, 11) is 6.25. The lowest BCUT2D eigenvalue weighted by atomic mass is 9.82. The van der Waals surface area contributed by atoms with Gasteiger partial charge in [0.25, 0.3) is 0 Å². The molecule has 8 nitrogen and oxygen atoms in total. The lowest BCUT2D eigenvalue weighted by Gasteiger charge is -2.43. The maximum absolute atomic E-state index is 13.9. The van der Waals surface area contributed by atoms with E-state index in [0.29, 0.717) is 41.0 Å². The van der Waals surface area contributed by atoms with Crippen LogP contribution in [0.25, 0.3) is 0 Å². The lowest BCUT2D eigenvalue weighted by Crippen LogP contribution is -2.51. The van der Waals surface area contributed by atoms with Crippen molar-refractivity contribution in [3.63, 3.8) is 0 Å². The topological polar surface area (TPSA) is 77.5 Å². The van der Waals surface area contributed by atoms with Crippen LogP contribution in [0, 0.1) is 11.8 Å². The molecule has 2 amide bonds. The zero-order chi connectivity index (χ0) is 25.8. The zero-order valence-electron chi connectivity index (χ0n) is 21.8. The van der Waals surface area contributed by atoms with E-state index >= 15 is 0 Å². The first kappa shape index (κ1) is 25.7. The van der Waals surface area contributed by atoms with Crippen molar-refractivity contribution < 1.29 is 28.5 Å². The maximum atomic E-state index is 13.9. The molecule has 2 saturated heterocycles. The number of hydrogen-bond donors (Lipinski definition) is 0. The van der Waals surface area contributed by atoms with Crippen molar-refractivity contribution in [3.05, 3.63) is 42.0 Å². The first-order valence-electron chi connectivity index (χ1n) is 12.5. The molecule has 36 heavy (non-hydrogen) atoms. The molecule has 2 aromatic rings. The van der Waals surface area contributed by atoms with Gasteiger partial charge >= 0.3 is 0 Å². The summed E-state index contributed by atoms with van der Waals surface area (Å²) in [6, 6.07) is 10.7. The Bertz CT molecular complexity index is 1060. The molecule has 3 atom stereocenters. The highest BCUT2D eigenvalue weighted by Gasteiger charge is 2.43. The quantitative estimate of drug-likeness (QED) is 0.563. The number of rotatable bonds is 7. The number of hydrogen-bond acceptors (Lipinski definition) is 6. The third kappa shape index (κ3) is 4.94. The predicted molar refractivity (Wildman–Crippen MR) is 137 cm³/mol. The smallest absolute Gasteiger partial charge is 0.228 e. The second kappa shape index (κ2) is 11.1. The maximum Gasteiger partial charge on any atom is 0.228 e. The molecule has 0 aromatic heterocycles. The summed E-state index contributed by atoms with van der Waals surface area (Å²) >= 11 is 0. The van der Waals surface area contributed by atoms with Crippen LogP contribution in [-0.2, 0) is 9.59 Å². The van der Waals surface area contributed by atoms with Crippen LogP contribution in [0.5, 0.6) is 23.0 Å². The number of piperidine rings is 2. The molecule has 0 bridgehead atoms. The third-order valence-electron chi connectivity index (χ3n) is 7.27. The van der Waals surface area contributed by atoms with E-state index in [4.69, 9.17) is 18.9 Å². The van der Waals surface area contributed by atoms with Gasteiger partial charge < -0.3 is 28.7 Å². The molecule has 194 valence electrons. The van der Waals surface area contributed by atoms with Crippen molar-refractivity contribution in [3.8, 4) is 23.0 Å². The van der Waals surface area contributed by atoms with Gasteiger partial charge in [-0.1, -0.05) is 19.1 Å². The molecule has 2 fully saturated rings. The Labute approximate surface area is 213 Å². The van der Waals surface area contributed by atoms with Gasteiger partial charge in [0.1, 0.15) is 5.75 Å². The van der Waals surface area contributed by atoms with Gasteiger partial charge in [0.05, 0.1) is 46.1 Å². The van der Waals surface area contributed by atoms with E-state index in [1.807, 2.05) is 29.2 Å². The van der Waals surface area contributed by atoms with Gasteiger partial charge in [-0.05, 0) is 42.9 Å². The summed E-state index contributed by atoms with van der Waals surface area (Å²) in [6.45, 7) is 3.70. The van der Waals surface area contributed by atoms with E-state index in [1.54, 1.807) is 45.5 Å². The molecule has 2 heterocycles. The monoisotopic (exact) mass is 496 g/mol. The molecule has 2 aromatic carbocycles. The van der Waals surface area contributed by atoms with E-state index in [-0.39, 0.29) is 24.2 Å². The molecule has 0 unspecified atom stereocenters. The zero-order valence-corrected chi connectivity index (χ0v) is 21.8. The average molecular weight is 497 g/mol. The number of methoxy groups -OCH3 is 4. The highest BCUT2D eigenvalue weighted by Crippen LogP contribution is 2.46. The molecule has 0 saturated carbocycles. The van der Waals surface area contributed by atoms with Gasteiger partial charge in [-0.3, -0.25) is 9.59 Å². The van der Waals surface area contributed by atoms with Crippen LogP contribution in [0.15, 0.2) is 36.4 Å². The van der Waals surface area contributed by atoms with Crippen molar-refractivity contribution in [1.29, 1.82) is 0 Å². The lowest BCUT2D eigenvalue weighted by molar-refractivity contribution is -0.140. The molecule has 4 rings (SSSR count). The summed E-state index contributed by atoms with van der Waals surface area (Å²) in [5, 5.41) is 0. The van der Waals surface area contributed by atoms with Crippen LogP contribution in [0.1, 0.15) is 44.2 Å². The second-order valence-electron chi connectivity index (χ2n) is 9.54. The Hall–Kier alpha value is -3.42. The van der Waals surface area contributed by atoms with Gasteiger partial charge in [-0.2, -0.15) is 0 Å². The van der Waals surface area contributed by atoms with Crippen LogP contribution < -0.4 is 23.8 Å². The van der Waals surface area contributed by atoms with Crippen molar-refractivity contribution in [2.75, 3.05) is 46.4 Å². The molecule has 0 spiro atoms. The average Bonchev–Trinajstić information content (AvgIpc) is 2.91. The van der Waals surface area contributed by atoms with E-state index in [9.17, 15) is 9.59 Å². The summed E-state index contributed by atoms with van der Waals surface area (Å²) in [5.74, 6) is 2.21. The molecule has 0 radical (unpaired) electrons. The van der Waals surface area contributed by atoms with E-state index < -0.39 is 6.04 Å². The second-order valence-corrected chi connectivity index (χ2v) is 9.54. The van der Waals surface area contributed by atoms with Crippen LogP contribution in [0.2, 0.25) is 0 Å². The number of nitrogens with zero attached hydrogens (tertiary/aromatic N) is 2. The molecule has 2 aliphatic rings. The fourth-order valence-corrected chi connectivity index (χ4v) is 5.47. The van der Waals surface area contributed by atoms with Crippen molar-refractivity contribution in [2.45, 2.75) is 38.6 Å². The van der Waals surface area contributed by atoms with Crippen LogP contribution >= 0.6 is 0 Å². The van der Waals surface area contributed by atoms with E-state index in [0.717, 1.165) is 31.5 Å². The standard InChI is InChI=1S/C28H36N2O6/c1-18-7-6-14-29(17-18)28(32)22-12-13-25(31)30(26(22)19-8-10-21(33-2)11-9-19)20-15-23(34-3)27(36-5)24(16-20)35-4/h8-11,15-16,18,22,26H,6-7,12-14,17H2,1-5H3/t18-,22+,26-/m1/s1. The largest absolute Gasteiger partial charge is 0.497 e. The molecule has 0 N–H and O–H groups in total. The summed E-state index contributed by atoms with van der Waals surface area (Å²) in [6.07, 6.45) is 2.91. The first-order chi connectivity index (χ1) is 17.4. The minimum Gasteiger partial charge on any atom is -0.497 e. The number of anilines is 1. The van der Waals surface area contributed by atoms with Crippen molar-refractivity contribution >= 4 is 17.5 Å². The van der Waals surface area contributed by atoms with Gasteiger partial charge in [0.2, 0.25) is 17.6 Å². The van der Waals surface area contributed by atoms with Crippen molar-refractivity contribution in [1.82, 2.24) is 4.90 Å². The summed E-state index contributed by atoms with van der Waals surface area (Å²) < 4.78 is 22.0. The van der Waals surface area contributed by atoms with E-state index in [1.165, 1.54) is 0 Å². The van der Waals surface area contributed by atoms with Gasteiger partial charge in [-0.25, -0.2) is 0 Å². The molecular weight excluding hydrogens is 460 g/mol. The number of carbonyl (C=O) groups is 2. The van der Waals surface area contributed by atoms with E-state index in [2.05, 4.69) is 6.92 Å². The molecular formula is C28H36N2O6. The minimum atomic E-state index is -0.482. The Kier molecular flexibility index (Phi) is 7.91.